The Morgan fingerprint density at radius 2 is 0.619 bits per heavy atom. The summed E-state index contributed by atoms with van der Waals surface area (Å²) in [5.74, 6) is 0. The number of fused-ring (bicyclic) bond motifs is 12. The summed E-state index contributed by atoms with van der Waals surface area (Å²) in [6.45, 7) is 0. The number of para-hydroxylation sites is 3. The van der Waals surface area contributed by atoms with Crippen molar-refractivity contribution >= 4 is 78.0 Å². The lowest BCUT2D eigenvalue weighted by molar-refractivity contribution is 0.668. The predicted octanol–water partition coefficient (Wildman–Crippen LogP) is 21.2. The molecule has 2 aliphatic rings. The van der Waals surface area contributed by atoms with Crippen molar-refractivity contribution < 1.29 is 8.83 Å². The molecule has 0 aliphatic heterocycles. The fraction of sp³-hybridized carbons (Fsp3) is 0.0250. The maximum atomic E-state index is 7.13. The highest BCUT2D eigenvalue weighted by atomic mass is 16.3. The van der Waals surface area contributed by atoms with E-state index in [0.717, 1.165) is 78.0 Å². The highest BCUT2D eigenvalue weighted by molar-refractivity contribution is 6.15. The second kappa shape index (κ2) is 18.8. The smallest absolute Gasteiger partial charge is 0.159 e. The Labute approximate surface area is 487 Å². The molecule has 0 spiro atoms. The molecule has 13 aromatic carbocycles. The molecule has 0 saturated heterocycles. The van der Waals surface area contributed by atoms with Crippen LogP contribution in [-0.2, 0) is 10.8 Å². The predicted molar refractivity (Wildman–Crippen MR) is 345 cm³/mol. The van der Waals surface area contributed by atoms with Crippen molar-refractivity contribution in [3.63, 3.8) is 0 Å². The fourth-order valence-electron chi connectivity index (χ4n) is 14.8. The van der Waals surface area contributed by atoms with E-state index in [-0.39, 0.29) is 0 Å². The van der Waals surface area contributed by atoms with Gasteiger partial charge in [-0.15, -0.1) is 0 Å². The summed E-state index contributed by atoms with van der Waals surface area (Å²) in [4.78, 5) is 5.00. The quantitative estimate of drug-likeness (QED) is 0.137. The number of hydrogen-bond acceptors (Lipinski definition) is 4. The van der Waals surface area contributed by atoms with Gasteiger partial charge in [-0.25, -0.2) is 0 Å². The van der Waals surface area contributed by atoms with Gasteiger partial charge in [0, 0.05) is 38.7 Å². The van der Waals surface area contributed by atoms with E-state index < -0.39 is 10.8 Å². The first-order valence-electron chi connectivity index (χ1n) is 28.9. The van der Waals surface area contributed by atoms with Crippen LogP contribution in [0.2, 0.25) is 0 Å². The highest BCUT2D eigenvalue weighted by Crippen LogP contribution is 2.63. The fourth-order valence-corrected chi connectivity index (χ4v) is 14.8. The first-order valence-corrected chi connectivity index (χ1v) is 28.9. The van der Waals surface area contributed by atoms with Gasteiger partial charge >= 0.3 is 0 Å². The van der Waals surface area contributed by atoms with E-state index in [1.165, 1.54) is 66.8 Å². The Hall–Kier alpha value is -10.9. The van der Waals surface area contributed by atoms with E-state index in [2.05, 4.69) is 325 Å². The molecule has 84 heavy (non-hydrogen) atoms. The van der Waals surface area contributed by atoms with Crippen LogP contribution in [0.25, 0.3) is 66.1 Å². The first kappa shape index (κ1) is 47.8. The van der Waals surface area contributed by atoms with Gasteiger partial charge < -0.3 is 18.6 Å². The van der Waals surface area contributed by atoms with Crippen molar-refractivity contribution in [2.24, 2.45) is 0 Å². The van der Waals surface area contributed by atoms with Crippen LogP contribution in [0.3, 0.4) is 0 Å². The topological polar surface area (TPSA) is 32.8 Å². The number of hydrogen-bond donors (Lipinski definition) is 0. The molecule has 15 aromatic rings. The summed E-state index contributed by atoms with van der Waals surface area (Å²) in [5.41, 5.74) is 22.3. The van der Waals surface area contributed by atoms with Gasteiger partial charge in [0.25, 0.3) is 0 Å². The molecule has 4 heteroatoms. The number of furan rings is 2. The minimum absolute atomic E-state index is 0.714. The van der Waals surface area contributed by atoms with Crippen LogP contribution in [0.5, 0.6) is 0 Å². The zero-order valence-corrected chi connectivity index (χ0v) is 45.7. The normalized spacial score (nSPS) is 13.4. The van der Waals surface area contributed by atoms with Crippen molar-refractivity contribution in [2.75, 3.05) is 9.80 Å². The summed E-state index contributed by atoms with van der Waals surface area (Å²) in [5, 5.41) is 4.21. The standard InChI is InChI=1S/C80H52N2O2/c1-5-26-53(27-6-1)79(54-28-7-2-8-29-54)66-43-17-13-36-59(66)62-40-22-46-69(76(62)79)81(68-45-25-51-74-75(68)65-39-16-20-50-73(65)83-74)57-34-21-35-58(52-57)82(71-48-24-42-64-61-38-15-19-49-72(61)84-78(64)71)70-47-23-41-63-60-37-14-18-44-67(60)80(77(63)70,55-30-9-3-10-31-55)56-32-11-4-12-33-56/h1-52H. The zero-order chi connectivity index (χ0) is 55.3. The Balaban J connectivity index is 0.994. The number of rotatable bonds is 10. The lowest BCUT2D eigenvalue weighted by atomic mass is 9.67. The molecular weight excluding hydrogens is 1020 g/mol. The van der Waals surface area contributed by atoms with E-state index in [1.54, 1.807) is 0 Å². The Kier molecular flexibility index (Phi) is 10.7. The van der Waals surface area contributed by atoms with Crippen LogP contribution >= 0.6 is 0 Å². The molecule has 0 unspecified atom stereocenters. The lowest BCUT2D eigenvalue weighted by Gasteiger charge is -2.39. The first-order chi connectivity index (χ1) is 41.7. The van der Waals surface area contributed by atoms with Gasteiger partial charge in [-0.1, -0.05) is 255 Å². The number of nitrogens with zero attached hydrogens (tertiary/aromatic N) is 2. The molecule has 17 rings (SSSR count). The largest absolute Gasteiger partial charge is 0.456 e. The molecule has 0 radical (unpaired) electrons. The molecule has 0 bridgehead atoms. The van der Waals surface area contributed by atoms with E-state index in [0.29, 0.717) is 0 Å². The van der Waals surface area contributed by atoms with Crippen molar-refractivity contribution in [1.29, 1.82) is 0 Å². The van der Waals surface area contributed by atoms with Crippen LogP contribution in [0.4, 0.5) is 34.1 Å². The molecule has 2 aromatic heterocycles. The van der Waals surface area contributed by atoms with Crippen LogP contribution in [0, 0.1) is 0 Å². The van der Waals surface area contributed by atoms with Gasteiger partial charge in [0.15, 0.2) is 5.58 Å². The number of anilines is 6. The van der Waals surface area contributed by atoms with E-state index in [9.17, 15) is 0 Å². The molecule has 2 aliphatic carbocycles. The number of benzene rings is 13. The molecule has 0 saturated carbocycles. The van der Waals surface area contributed by atoms with Crippen LogP contribution in [-0.4, -0.2) is 0 Å². The van der Waals surface area contributed by atoms with Gasteiger partial charge in [-0.05, 0) is 116 Å². The van der Waals surface area contributed by atoms with Gasteiger partial charge in [-0.3, -0.25) is 0 Å². The van der Waals surface area contributed by atoms with Crippen molar-refractivity contribution in [1.82, 2.24) is 0 Å². The third-order valence-electron chi connectivity index (χ3n) is 18.0. The molecule has 0 atom stereocenters. The van der Waals surface area contributed by atoms with Crippen LogP contribution in [0.1, 0.15) is 44.5 Å². The van der Waals surface area contributed by atoms with E-state index in [1.807, 2.05) is 0 Å². The Bertz CT molecular complexity index is 4960. The SMILES string of the molecule is c1ccc(C2(c3ccccc3)c3ccccc3-c3cccc(N(c4cccc(N(c5cccc6c5C(c5ccccc5)(c5ccccc5)c5ccccc5-6)c5cccc6oc7ccccc7c56)c4)c4cccc5c4oc4ccccc45)c32)cc1. The summed E-state index contributed by atoms with van der Waals surface area (Å²) in [6, 6.07) is 115. The minimum Gasteiger partial charge on any atom is -0.456 e. The second-order valence-corrected chi connectivity index (χ2v) is 22.1. The average molecular weight is 1070 g/mol. The third-order valence-corrected chi connectivity index (χ3v) is 18.0. The molecular formula is C80H52N2O2. The molecule has 394 valence electrons. The van der Waals surface area contributed by atoms with Gasteiger partial charge in [0.1, 0.15) is 16.7 Å². The van der Waals surface area contributed by atoms with Crippen LogP contribution < -0.4 is 9.80 Å². The average Bonchev–Trinajstić information content (AvgIpc) is 1.74. The third kappa shape index (κ3) is 6.77. The maximum Gasteiger partial charge on any atom is 0.159 e. The maximum absolute atomic E-state index is 7.13. The highest BCUT2D eigenvalue weighted by Gasteiger charge is 2.50. The zero-order valence-electron chi connectivity index (χ0n) is 45.7. The molecule has 0 amide bonds. The summed E-state index contributed by atoms with van der Waals surface area (Å²) in [7, 11) is 0. The van der Waals surface area contributed by atoms with Crippen molar-refractivity contribution in [2.45, 2.75) is 10.8 Å². The molecule has 2 heterocycles. The van der Waals surface area contributed by atoms with Crippen LogP contribution in [0.15, 0.2) is 324 Å². The lowest BCUT2D eigenvalue weighted by Crippen LogP contribution is -2.30. The van der Waals surface area contributed by atoms with Gasteiger partial charge in [0.2, 0.25) is 0 Å². The Morgan fingerprint density at radius 1 is 0.250 bits per heavy atom. The van der Waals surface area contributed by atoms with E-state index >= 15 is 0 Å². The van der Waals surface area contributed by atoms with Gasteiger partial charge in [0.05, 0.1) is 39.0 Å². The summed E-state index contributed by atoms with van der Waals surface area (Å²) >= 11 is 0. The molecule has 4 nitrogen and oxygen atoms in total. The van der Waals surface area contributed by atoms with Crippen molar-refractivity contribution in [3.8, 4) is 22.3 Å². The minimum atomic E-state index is -0.718. The monoisotopic (exact) mass is 1070 g/mol. The van der Waals surface area contributed by atoms with E-state index in [4.69, 9.17) is 8.83 Å². The summed E-state index contributed by atoms with van der Waals surface area (Å²) < 4.78 is 13.9. The second-order valence-electron chi connectivity index (χ2n) is 22.1. The van der Waals surface area contributed by atoms with Gasteiger partial charge in [-0.2, -0.15) is 0 Å². The summed E-state index contributed by atoms with van der Waals surface area (Å²) in [6.07, 6.45) is 0. The van der Waals surface area contributed by atoms with Crippen molar-refractivity contribution in [3.05, 3.63) is 360 Å². The molecule has 0 fully saturated rings. The molecule has 0 N–H and O–H groups in total. The Morgan fingerprint density at radius 3 is 1.17 bits per heavy atom.